The Morgan fingerprint density at radius 2 is 2.62 bits per heavy atom. The molecule has 0 amide bonds. The minimum Gasteiger partial charge on any atom is -0.310 e. The molecule has 2 heteroatoms. The summed E-state index contributed by atoms with van der Waals surface area (Å²) < 4.78 is 0. The minimum absolute atomic E-state index is 0.0648. The van der Waals surface area contributed by atoms with E-state index in [9.17, 15) is 4.79 Å². The molecule has 1 atom stereocenters. The van der Waals surface area contributed by atoms with Gasteiger partial charge in [-0.2, -0.15) is 0 Å². The first-order valence-electron chi connectivity index (χ1n) is 2.72. The molecule has 0 aromatic carbocycles. The predicted molar refractivity (Wildman–Crippen MR) is 31.6 cm³/mol. The highest BCUT2D eigenvalue weighted by Crippen LogP contribution is 2.03. The Hall–Kier alpha value is -0.630. The molecule has 0 radical (unpaired) electrons. The fraction of sp³-hybridized carbons (Fsp3) is 0.500. The lowest BCUT2D eigenvalue weighted by Gasteiger charge is -2.02. The molecule has 1 unspecified atom stereocenters. The van der Waals surface area contributed by atoms with Crippen molar-refractivity contribution in [1.82, 2.24) is 5.32 Å². The van der Waals surface area contributed by atoms with Gasteiger partial charge in [0.15, 0.2) is 5.78 Å². The van der Waals surface area contributed by atoms with Crippen LogP contribution in [0.25, 0.3) is 0 Å². The maximum Gasteiger partial charge on any atom is 0.172 e. The van der Waals surface area contributed by atoms with Crippen LogP contribution in [-0.4, -0.2) is 18.9 Å². The van der Waals surface area contributed by atoms with E-state index >= 15 is 0 Å². The van der Waals surface area contributed by atoms with Crippen molar-refractivity contribution in [1.29, 1.82) is 0 Å². The van der Waals surface area contributed by atoms with Crippen LogP contribution in [0, 0.1) is 0 Å². The van der Waals surface area contributed by atoms with E-state index in [1.54, 1.807) is 13.1 Å². The Bertz CT molecular complexity index is 128. The highest BCUT2D eigenvalue weighted by molar-refractivity contribution is 5.96. The van der Waals surface area contributed by atoms with Gasteiger partial charge in [0.1, 0.15) is 0 Å². The molecule has 0 fully saturated rings. The van der Waals surface area contributed by atoms with Crippen LogP contribution in [0.4, 0.5) is 0 Å². The molecule has 0 saturated heterocycles. The summed E-state index contributed by atoms with van der Waals surface area (Å²) in [5.74, 6) is 0.201. The average Bonchev–Trinajstić information content (AvgIpc) is 2.14. The molecule has 1 N–H and O–H groups in total. The summed E-state index contributed by atoms with van der Waals surface area (Å²) >= 11 is 0. The van der Waals surface area contributed by atoms with E-state index in [1.165, 1.54) is 0 Å². The van der Waals surface area contributed by atoms with Gasteiger partial charge in [-0.1, -0.05) is 6.08 Å². The fourth-order valence-electron chi connectivity index (χ4n) is 0.813. The summed E-state index contributed by atoms with van der Waals surface area (Å²) in [7, 11) is 1.80. The molecule has 0 heterocycles. The van der Waals surface area contributed by atoms with Gasteiger partial charge in [0.25, 0.3) is 0 Å². The quantitative estimate of drug-likeness (QED) is 0.520. The van der Waals surface area contributed by atoms with Crippen molar-refractivity contribution in [3.05, 3.63) is 12.2 Å². The van der Waals surface area contributed by atoms with Crippen LogP contribution in [0.1, 0.15) is 6.42 Å². The Morgan fingerprint density at radius 3 is 2.88 bits per heavy atom. The lowest BCUT2D eigenvalue weighted by Crippen LogP contribution is -2.28. The largest absolute Gasteiger partial charge is 0.310 e. The Labute approximate surface area is 48.6 Å². The van der Waals surface area contributed by atoms with E-state index < -0.39 is 0 Å². The third-order valence-corrected chi connectivity index (χ3v) is 1.35. The van der Waals surface area contributed by atoms with Crippen LogP contribution < -0.4 is 5.32 Å². The molecule has 8 heavy (non-hydrogen) atoms. The number of hydrogen-bond donors (Lipinski definition) is 1. The van der Waals surface area contributed by atoms with Crippen molar-refractivity contribution in [2.75, 3.05) is 7.05 Å². The van der Waals surface area contributed by atoms with Crippen molar-refractivity contribution in [2.24, 2.45) is 0 Å². The third kappa shape index (κ3) is 0.793. The summed E-state index contributed by atoms with van der Waals surface area (Å²) in [6.07, 6.45) is 4.38. The normalized spacial score (nSPS) is 27.1. The molecular formula is C6H9NO. The van der Waals surface area contributed by atoms with Gasteiger partial charge in [-0.15, -0.1) is 0 Å². The van der Waals surface area contributed by atoms with Gasteiger partial charge < -0.3 is 5.32 Å². The number of carbonyl (C=O) groups excluding carboxylic acids is 1. The number of hydrogen-bond acceptors (Lipinski definition) is 2. The number of carbonyl (C=O) groups is 1. The molecule has 1 rings (SSSR count). The zero-order valence-electron chi connectivity index (χ0n) is 4.85. The molecule has 1 aliphatic rings. The number of nitrogens with one attached hydrogen (secondary N) is 1. The van der Waals surface area contributed by atoms with Gasteiger partial charge >= 0.3 is 0 Å². The highest BCUT2D eigenvalue weighted by Gasteiger charge is 2.15. The lowest BCUT2D eigenvalue weighted by atomic mass is 10.2. The molecular weight excluding hydrogens is 102 g/mol. The monoisotopic (exact) mass is 111 g/mol. The van der Waals surface area contributed by atoms with Crippen molar-refractivity contribution < 1.29 is 4.79 Å². The van der Waals surface area contributed by atoms with Gasteiger partial charge in [0.2, 0.25) is 0 Å². The number of likely N-dealkylation sites (N-methyl/N-ethyl adjacent to an activating group) is 1. The molecule has 44 valence electrons. The van der Waals surface area contributed by atoms with E-state index in [0.717, 1.165) is 6.42 Å². The van der Waals surface area contributed by atoms with Crippen LogP contribution >= 0.6 is 0 Å². The van der Waals surface area contributed by atoms with Crippen LogP contribution in [0.5, 0.6) is 0 Å². The van der Waals surface area contributed by atoms with Gasteiger partial charge in [0, 0.05) is 0 Å². The van der Waals surface area contributed by atoms with E-state index in [0.29, 0.717) is 0 Å². The molecule has 0 saturated carbocycles. The van der Waals surface area contributed by atoms with E-state index in [4.69, 9.17) is 0 Å². The van der Waals surface area contributed by atoms with E-state index in [-0.39, 0.29) is 11.8 Å². The van der Waals surface area contributed by atoms with Crippen molar-refractivity contribution in [2.45, 2.75) is 12.5 Å². The molecule has 0 aromatic rings. The van der Waals surface area contributed by atoms with Gasteiger partial charge in [0.05, 0.1) is 6.04 Å². The Kier molecular flexibility index (Phi) is 1.44. The summed E-state index contributed by atoms with van der Waals surface area (Å²) in [5.41, 5.74) is 0. The second-order valence-corrected chi connectivity index (χ2v) is 1.88. The standard InChI is InChI=1S/C6H9NO/c1-7-5-3-2-4-6(5)8/h2,4-5,7H,3H2,1H3. The highest BCUT2D eigenvalue weighted by atomic mass is 16.1. The number of rotatable bonds is 1. The molecule has 0 aromatic heterocycles. The van der Waals surface area contributed by atoms with E-state index in [2.05, 4.69) is 5.32 Å². The van der Waals surface area contributed by atoms with Crippen molar-refractivity contribution in [3.8, 4) is 0 Å². The maximum atomic E-state index is 10.7. The fourth-order valence-corrected chi connectivity index (χ4v) is 0.813. The van der Waals surface area contributed by atoms with Crippen LogP contribution in [0.2, 0.25) is 0 Å². The predicted octanol–water partition coefficient (Wildman–Crippen LogP) is 0.103. The zero-order chi connectivity index (χ0) is 5.98. The molecule has 0 spiro atoms. The molecule has 0 bridgehead atoms. The zero-order valence-corrected chi connectivity index (χ0v) is 4.85. The maximum absolute atomic E-state index is 10.7. The smallest absolute Gasteiger partial charge is 0.172 e. The Balaban J connectivity index is 2.51. The summed E-state index contributed by atoms with van der Waals surface area (Å²) in [4.78, 5) is 10.7. The van der Waals surface area contributed by atoms with Gasteiger partial charge in [-0.3, -0.25) is 4.79 Å². The van der Waals surface area contributed by atoms with Gasteiger partial charge in [-0.25, -0.2) is 0 Å². The third-order valence-electron chi connectivity index (χ3n) is 1.35. The topological polar surface area (TPSA) is 29.1 Å². The first-order valence-corrected chi connectivity index (χ1v) is 2.72. The van der Waals surface area contributed by atoms with Crippen LogP contribution in [0.3, 0.4) is 0 Å². The average molecular weight is 111 g/mol. The lowest BCUT2D eigenvalue weighted by molar-refractivity contribution is -0.115. The number of ketones is 1. The minimum atomic E-state index is 0.0648. The summed E-state index contributed by atoms with van der Waals surface area (Å²) in [6, 6.07) is 0.0648. The van der Waals surface area contributed by atoms with Crippen LogP contribution in [0.15, 0.2) is 12.2 Å². The first kappa shape index (κ1) is 5.51. The second kappa shape index (κ2) is 2.09. The van der Waals surface area contributed by atoms with Crippen molar-refractivity contribution in [3.63, 3.8) is 0 Å². The molecule has 1 aliphatic carbocycles. The van der Waals surface area contributed by atoms with Crippen LogP contribution in [-0.2, 0) is 4.79 Å². The SMILES string of the molecule is CNC1CC=CC1=O. The Morgan fingerprint density at radius 1 is 1.88 bits per heavy atom. The molecule has 0 aliphatic heterocycles. The summed E-state index contributed by atoms with van der Waals surface area (Å²) in [6.45, 7) is 0. The second-order valence-electron chi connectivity index (χ2n) is 1.88. The molecule has 2 nitrogen and oxygen atoms in total. The first-order chi connectivity index (χ1) is 3.84. The van der Waals surface area contributed by atoms with Gasteiger partial charge in [-0.05, 0) is 19.5 Å². The van der Waals surface area contributed by atoms with E-state index in [1.807, 2.05) is 6.08 Å². The van der Waals surface area contributed by atoms with Crippen molar-refractivity contribution >= 4 is 5.78 Å². The summed E-state index contributed by atoms with van der Waals surface area (Å²) in [5, 5.41) is 2.90.